The second kappa shape index (κ2) is 26.1. The van der Waals surface area contributed by atoms with Gasteiger partial charge in [-0.3, -0.25) is 56.9 Å². The zero-order valence-corrected chi connectivity index (χ0v) is 46.0. The standard InChI is InChI=1S/2C13H10F3N5O2.C9H6ClF3N2O2.C6H5ClN2O2.C4H5N3.C3H3F3O/c2*1-12(13(14,15)16)20-10(22)8-3-2-7(11(23)21(8)12)19-9-4-5-17-6-18-9;1-8(9(11,12)13)14-6(16)5-3-2-4(10)7(17)15(5)8;7-3-1-2-4(5(8)10)9-6(3)11;5-4-1-2-6-3-7-4;1-2(7)3(4,5)6/h2*2-6H,1H3,(H,20,22)(H,17,18,19);2-3H,1H3,(H,14,16);1-2H,(H2,8,10)(H,9,11);1-3H,(H2,5,6,7);1H3. The van der Waals surface area contributed by atoms with Crippen LogP contribution in [0.2, 0.25) is 10.0 Å². The van der Waals surface area contributed by atoms with E-state index < -0.39 is 93.3 Å². The first-order valence-electron chi connectivity index (χ1n) is 23.6. The van der Waals surface area contributed by atoms with Crippen LogP contribution in [0.4, 0.5) is 81.5 Å². The molecule has 10 heterocycles. The van der Waals surface area contributed by atoms with Crippen LogP contribution < -0.4 is 60.3 Å². The summed E-state index contributed by atoms with van der Waals surface area (Å²) in [4.78, 5) is 126. The topological polar surface area (TPSA) is 374 Å². The van der Waals surface area contributed by atoms with E-state index in [1.165, 1.54) is 67.8 Å². The number of pyridine rings is 4. The summed E-state index contributed by atoms with van der Waals surface area (Å²) in [5, 5.41) is 10.3. The van der Waals surface area contributed by atoms with Gasteiger partial charge in [-0.15, -0.1) is 0 Å². The second-order valence-electron chi connectivity index (χ2n) is 17.9. The third-order valence-corrected chi connectivity index (χ3v) is 12.4. The van der Waals surface area contributed by atoms with Crippen molar-refractivity contribution < 1.29 is 76.7 Å². The number of anilines is 5. The fourth-order valence-corrected chi connectivity index (χ4v) is 7.42. The molecule has 0 fully saturated rings. The lowest BCUT2D eigenvalue weighted by Crippen LogP contribution is -2.55. The molecule has 0 saturated carbocycles. The van der Waals surface area contributed by atoms with E-state index in [4.69, 9.17) is 34.7 Å². The lowest BCUT2D eigenvalue weighted by atomic mass is 10.2. The molecule has 26 nitrogen and oxygen atoms in total. The molecule has 7 aromatic heterocycles. The van der Waals surface area contributed by atoms with E-state index >= 15 is 0 Å². The van der Waals surface area contributed by atoms with Gasteiger partial charge in [0.2, 0.25) is 22.8 Å². The first-order chi connectivity index (χ1) is 40.6. The number of H-pyrrole nitrogens is 1. The Hall–Kier alpha value is -10.3. The summed E-state index contributed by atoms with van der Waals surface area (Å²) in [6.45, 7) is 2.66. The van der Waals surface area contributed by atoms with Crippen molar-refractivity contribution in [3.05, 3.63) is 179 Å². The number of carbonyl (C=O) groups excluding carboxylic acids is 5. The summed E-state index contributed by atoms with van der Waals surface area (Å²) in [5.41, 5.74) is -3.13. The Balaban J connectivity index is 0.000000203. The minimum atomic E-state index is -4.84. The third kappa shape index (κ3) is 15.0. The molecule has 3 atom stereocenters. The fourth-order valence-electron chi connectivity index (χ4n) is 7.17. The Labute approximate surface area is 491 Å². The third-order valence-electron chi connectivity index (χ3n) is 11.8. The van der Waals surface area contributed by atoms with E-state index in [1.54, 1.807) is 17.6 Å². The molecule has 3 unspecified atom stereocenters. The maximum atomic E-state index is 13.3. The highest BCUT2D eigenvalue weighted by atomic mass is 35.5. The van der Waals surface area contributed by atoms with E-state index in [2.05, 4.69) is 45.5 Å². The van der Waals surface area contributed by atoms with Crippen LogP contribution >= 0.6 is 23.2 Å². The number of nitrogens with two attached hydrogens (primary N) is 2. The molecule has 3 aliphatic rings. The smallest absolute Gasteiger partial charge is 0.384 e. The quantitative estimate of drug-likeness (QED) is 0.0983. The Bertz CT molecular complexity index is 3880. The highest BCUT2D eigenvalue weighted by Gasteiger charge is 2.61. The molecule has 10 N–H and O–H groups in total. The van der Waals surface area contributed by atoms with E-state index in [9.17, 15) is 95.8 Å². The van der Waals surface area contributed by atoms with Crippen LogP contribution in [0.1, 0.15) is 69.6 Å². The number of halogens is 14. The predicted octanol–water partition coefficient (Wildman–Crippen LogP) is 5.52. The van der Waals surface area contributed by atoms with E-state index in [1.807, 2.05) is 10.6 Å². The molecular weight excluding hydrogens is 1260 g/mol. The van der Waals surface area contributed by atoms with Crippen molar-refractivity contribution in [2.24, 2.45) is 5.73 Å². The number of ketones is 1. The number of hydrogen-bond acceptors (Lipinski definition) is 18. The van der Waals surface area contributed by atoms with Gasteiger partial charge in [0.05, 0.1) is 0 Å². The van der Waals surface area contributed by atoms with Gasteiger partial charge >= 0.3 is 24.7 Å². The molecule has 0 radical (unpaired) electrons. The Morgan fingerprint density at radius 2 is 0.852 bits per heavy atom. The zero-order chi connectivity index (χ0) is 66.3. The van der Waals surface area contributed by atoms with Gasteiger partial charge in [-0.2, -0.15) is 52.7 Å². The Morgan fingerprint density at radius 1 is 0.511 bits per heavy atom. The number of amides is 4. The summed E-state index contributed by atoms with van der Waals surface area (Å²) in [6.07, 6.45) is -10.9. The zero-order valence-electron chi connectivity index (χ0n) is 44.5. The number of nitrogens with zero attached hydrogens (tertiary/aromatic N) is 9. The molecule has 0 bridgehead atoms. The normalized spacial score (nSPS) is 17.8. The van der Waals surface area contributed by atoms with Crippen LogP contribution in [-0.4, -0.2) is 103 Å². The molecule has 10 rings (SSSR count). The van der Waals surface area contributed by atoms with E-state index in [0.717, 1.165) is 38.1 Å². The van der Waals surface area contributed by atoms with Crippen LogP contribution in [0.5, 0.6) is 0 Å². The summed E-state index contributed by atoms with van der Waals surface area (Å²) >= 11 is 10.9. The van der Waals surface area contributed by atoms with Gasteiger partial charge in [0, 0.05) is 25.5 Å². The first-order valence-corrected chi connectivity index (χ1v) is 24.3. The number of fused-ring (bicyclic) bond motifs is 3. The number of alkyl halides is 12. The van der Waals surface area contributed by atoms with Crippen LogP contribution in [0.15, 0.2) is 123 Å². The van der Waals surface area contributed by atoms with Crippen molar-refractivity contribution >= 4 is 81.4 Å². The Morgan fingerprint density at radius 3 is 1.14 bits per heavy atom. The molecule has 0 spiro atoms. The van der Waals surface area contributed by atoms with Crippen LogP contribution in [-0.2, 0) is 21.8 Å². The van der Waals surface area contributed by atoms with Gasteiger partial charge in [-0.25, -0.2) is 29.9 Å². The largest absolute Gasteiger partial charge is 0.449 e. The van der Waals surface area contributed by atoms with Crippen molar-refractivity contribution in [3.63, 3.8) is 0 Å². The maximum absolute atomic E-state index is 13.3. The first kappa shape index (κ1) is 68.5. The van der Waals surface area contributed by atoms with Crippen molar-refractivity contribution in [3.8, 4) is 0 Å². The molecule has 468 valence electrons. The lowest BCUT2D eigenvalue weighted by Gasteiger charge is -2.29. The number of carbonyl (C=O) groups is 5. The summed E-state index contributed by atoms with van der Waals surface area (Å²) in [5.74, 6) is -4.34. The minimum absolute atomic E-state index is 0.0370. The number of hydrogen-bond donors (Lipinski definition) is 8. The number of aromatic amines is 1. The minimum Gasteiger partial charge on any atom is -0.384 e. The van der Waals surface area contributed by atoms with Crippen molar-refractivity contribution in [1.82, 2.24) is 64.5 Å². The predicted molar refractivity (Wildman–Crippen MR) is 283 cm³/mol. The van der Waals surface area contributed by atoms with Crippen LogP contribution in [0, 0.1) is 0 Å². The van der Waals surface area contributed by atoms with Crippen molar-refractivity contribution in [2.45, 2.75) is 69.4 Å². The molecule has 40 heteroatoms. The number of primary amides is 1. The molecule has 0 saturated heterocycles. The maximum Gasteiger partial charge on any atom is 0.449 e. The number of rotatable bonds is 5. The number of nitrogen functional groups attached to an aromatic ring is 1. The van der Waals surface area contributed by atoms with Crippen molar-refractivity contribution in [1.29, 1.82) is 0 Å². The molecule has 88 heavy (non-hydrogen) atoms. The molecule has 7 aromatic rings. The average Bonchev–Trinajstić information content (AvgIpc) is 3.73. The summed E-state index contributed by atoms with van der Waals surface area (Å²) in [6, 6.07) is 14.2. The molecular formula is C48H39Cl2F12N17O9. The van der Waals surface area contributed by atoms with Gasteiger partial charge in [-0.1, -0.05) is 23.2 Å². The average molecular weight is 1300 g/mol. The van der Waals surface area contributed by atoms with Gasteiger partial charge in [0.1, 0.15) is 80.6 Å². The van der Waals surface area contributed by atoms with Crippen molar-refractivity contribution in [2.75, 3.05) is 16.4 Å². The summed E-state index contributed by atoms with van der Waals surface area (Å²) in [7, 11) is 0. The van der Waals surface area contributed by atoms with Gasteiger partial charge in [0.15, 0.2) is 0 Å². The highest BCUT2D eigenvalue weighted by Crippen LogP contribution is 2.40. The molecule has 3 aliphatic heterocycles. The number of nitrogens with one attached hydrogen (secondary N) is 6. The van der Waals surface area contributed by atoms with Crippen LogP contribution in [0.25, 0.3) is 0 Å². The number of Topliss-reactive ketones (excluding diaryl/α,β-unsaturated/α-hetero) is 1. The van der Waals surface area contributed by atoms with Crippen LogP contribution in [0.3, 0.4) is 0 Å². The Kier molecular flexibility index (Phi) is 20.4. The second-order valence-corrected chi connectivity index (χ2v) is 18.7. The van der Waals surface area contributed by atoms with Gasteiger partial charge in [0.25, 0.3) is 45.9 Å². The van der Waals surface area contributed by atoms with E-state index in [0.29, 0.717) is 33.4 Å². The fraction of sp³-hybridized carbons (Fsp3) is 0.229. The van der Waals surface area contributed by atoms with Gasteiger partial charge < -0.3 is 43.0 Å². The summed E-state index contributed by atoms with van der Waals surface area (Å²) < 4.78 is 152. The number of aromatic nitrogens is 10. The van der Waals surface area contributed by atoms with E-state index in [-0.39, 0.29) is 55.8 Å². The highest BCUT2D eigenvalue weighted by molar-refractivity contribution is 6.30. The SMILES string of the molecule is CC(=O)C(F)(F)F.CC1(C(F)(F)F)NC(=O)c2ccc(Cl)c(=O)n21.CC1(C(F)(F)F)NC(=O)c2ccc(Nc3ccncn3)c(=O)n21.CC1(C(F)(F)F)NC(=O)c2ccc(Nc3ccncn3)c(=O)n21.NC(=O)c1ccc(Cl)c(=O)[nH]1.Nc1ccncn1. The van der Waals surface area contributed by atoms with Gasteiger partial charge in [-0.05, 0) is 87.5 Å². The molecule has 0 aliphatic carbocycles. The lowest BCUT2D eigenvalue weighted by molar-refractivity contribution is -0.213. The molecule has 4 amide bonds. The molecule has 0 aromatic carbocycles. The monoisotopic (exact) mass is 1300 g/mol.